The van der Waals surface area contributed by atoms with Crippen LogP contribution in [-0.4, -0.2) is 17.2 Å². The van der Waals surface area contributed by atoms with Gasteiger partial charge in [0.25, 0.3) is 5.69 Å². The Morgan fingerprint density at radius 1 is 1.43 bits per heavy atom. The zero-order valence-electron chi connectivity index (χ0n) is 10.4. The zero-order valence-corrected chi connectivity index (χ0v) is 12.0. The van der Waals surface area contributed by atoms with Crippen molar-refractivity contribution in [2.24, 2.45) is 10.8 Å². The molecule has 0 aliphatic heterocycles. The molecule has 0 spiro atoms. The highest BCUT2D eigenvalue weighted by atomic mass is 79.9. The van der Waals surface area contributed by atoms with Gasteiger partial charge in [0, 0.05) is 10.5 Å². The number of nitro benzene ring substituents is 1. The van der Waals surface area contributed by atoms with Gasteiger partial charge in [0.2, 0.25) is 0 Å². The van der Waals surface area contributed by atoms with Crippen LogP contribution in [0, 0.1) is 10.1 Å². The molecule has 108 valence electrons. The third-order valence-electron chi connectivity index (χ3n) is 2.42. The van der Waals surface area contributed by atoms with Crippen LogP contribution in [0.1, 0.15) is 5.76 Å². The van der Waals surface area contributed by atoms with E-state index in [1.165, 1.54) is 12.3 Å². The topological polar surface area (TPSA) is 124 Å². The van der Waals surface area contributed by atoms with Crippen LogP contribution in [0.25, 0.3) is 11.3 Å². The molecule has 0 aliphatic carbocycles. The molecule has 2 rings (SSSR count). The van der Waals surface area contributed by atoms with Crippen LogP contribution >= 0.6 is 15.9 Å². The molecule has 0 unspecified atom stereocenters. The molecule has 0 aliphatic rings. The van der Waals surface area contributed by atoms with Gasteiger partial charge in [-0.05, 0) is 24.3 Å². The first-order valence-corrected chi connectivity index (χ1v) is 6.39. The Morgan fingerprint density at radius 3 is 2.86 bits per heavy atom. The lowest BCUT2D eigenvalue weighted by atomic mass is 10.1. The average molecular weight is 353 g/mol. The van der Waals surface area contributed by atoms with Crippen molar-refractivity contribution in [2.75, 3.05) is 0 Å². The molecule has 0 saturated heterocycles. The third kappa shape index (κ3) is 3.66. The number of nitrogens with one attached hydrogen (secondary N) is 1. The van der Waals surface area contributed by atoms with Crippen molar-refractivity contribution < 1.29 is 14.1 Å². The molecule has 9 heteroatoms. The van der Waals surface area contributed by atoms with E-state index in [2.05, 4.69) is 21.0 Å². The van der Waals surface area contributed by atoms with E-state index < -0.39 is 11.0 Å². The number of nitro groups is 1. The highest BCUT2D eigenvalue weighted by molar-refractivity contribution is 9.10. The molecule has 1 aromatic carbocycles. The van der Waals surface area contributed by atoms with Gasteiger partial charge < -0.3 is 10.2 Å². The van der Waals surface area contributed by atoms with Crippen LogP contribution in [0.2, 0.25) is 0 Å². The van der Waals surface area contributed by atoms with Crippen LogP contribution < -0.4 is 11.2 Å². The second-order valence-corrected chi connectivity index (χ2v) is 4.77. The lowest BCUT2D eigenvalue weighted by molar-refractivity contribution is -0.384. The number of primary amides is 1. The first kappa shape index (κ1) is 14.7. The highest BCUT2D eigenvalue weighted by Gasteiger charge is 2.18. The second-order valence-electron chi connectivity index (χ2n) is 3.85. The van der Waals surface area contributed by atoms with Crippen molar-refractivity contribution >= 4 is 33.9 Å². The minimum absolute atomic E-state index is 0.0857. The Labute approximate surface area is 126 Å². The summed E-state index contributed by atoms with van der Waals surface area (Å²) >= 11 is 3.18. The standard InChI is InChI=1S/C12H9BrN4O4/c13-7-1-3-9(10(5-7)17(19)20)11-4-2-8(21-11)6-15-16-12(14)18/h1-6H,(H3,14,16,18)/b15-6-. The van der Waals surface area contributed by atoms with Gasteiger partial charge in [-0.3, -0.25) is 10.1 Å². The Balaban J connectivity index is 2.31. The molecule has 2 amide bonds. The summed E-state index contributed by atoms with van der Waals surface area (Å²) < 4.78 is 6.02. The predicted molar refractivity (Wildman–Crippen MR) is 78.8 cm³/mol. The van der Waals surface area contributed by atoms with E-state index >= 15 is 0 Å². The smallest absolute Gasteiger partial charge is 0.332 e. The lowest BCUT2D eigenvalue weighted by Crippen LogP contribution is -2.24. The number of hydrogen-bond acceptors (Lipinski definition) is 5. The van der Waals surface area contributed by atoms with Crippen LogP contribution in [0.5, 0.6) is 0 Å². The first-order valence-electron chi connectivity index (χ1n) is 5.60. The average Bonchev–Trinajstić information content (AvgIpc) is 2.86. The minimum atomic E-state index is -0.804. The molecule has 3 N–H and O–H groups in total. The number of carbonyl (C=O) groups is 1. The summed E-state index contributed by atoms with van der Waals surface area (Å²) in [5.74, 6) is 0.630. The monoisotopic (exact) mass is 352 g/mol. The molecule has 2 aromatic rings. The SMILES string of the molecule is NC(=O)N/N=C\c1ccc(-c2ccc(Br)cc2[N+](=O)[O-])o1. The maximum absolute atomic E-state index is 11.1. The van der Waals surface area contributed by atoms with Gasteiger partial charge in [-0.2, -0.15) is 5.10 Å². The molecule has 1 aromatic heterocycles. The predicted octanol–water partition coefficient (Wildman–Crippen LogP) is 2.62. The normalized spacial score (nSPS) is 10.7. The summed E-state index contributed by atoms with van der Waals surface area (Å²) in [4.78, 5) is 21.0. The van der Waals surface area contributed by atoms with Crippen LogP contribution in [0.15, 0.2) is 44.3 Å². The van der Waals surface area contributed by atoms with E-state index in [0.29, 0.717) is 21.6 Å². The van der Waals surface area contributed by atoms with Crippen molar-refractivity contribution in [2.45, 2.75) is 0 Å². The molecule has 0 bridgehead atoms. The number of nitrogens with two attached hydrogens (primary N) is 1. The second kappa shape index (κ2) is 6.18. The van der Waals surface area contributed by atoms with E-state index in [1.54, 1.807) is 24.3 Å². The fourth-order valence-corrected chi connectivity index (χ4v) is 1.94. The molecule has 0 saturated carbocycles. The van der Waals surface area contributed by atoms with Gasteiger partial charge in [0.05, 0.1) is 16.7 Å². The van der Waals surface area contributed by atoms with Crippen molar-refractivity contribution in [1.29, 1.82) is 0 Å². The lowest BCUT2D eigenvalue weighted by Gasteiger charge is -2.00. The van der Waals surface area contributed by atoms with Gasteiger partial charge in [-0.15, -0.1) is 0 Å². The van der Waals surface area contributed by atoms with E-state index in [1.807, 2.05) is 5.43 Å². The summed E-state index contributed by atoms with van der Waals surface area (Å²) in [6.07, 6.45) is 1.24. The Hall–Kier alpha value is -2.68. The highest BCUT2D eigenvalue weighted by Crippen LogP contribution is 2.33. The van der Waals surface area contributed by atoms with E-state index in [-0.39, 0.29) is 5.69 Å². The van der Waals surface area contributed by atoms with Crippen LogP contribution in [0.3, 0.4) is 0 Å². The molecule has 8 nitrogen and oxygen atoms in total. The van der Waals surface area contributed by atoms with Crippen LogP contribution in [0.4, 0.5) is 10.5 Å². The fourth-order valence-electron chi connectivity index (χ4n) is 1.59. The first-order chi connectivity index (χ1) is 9.97. The van der Waals surface area contributed by atoms with Gasteiger partial charge in [0.1, 0.15) is 11.5 Å². The maximum atomic E-state index is 11.1. The molecule has 0 atom stereocenters. The number of carbonyl (C=O) groups excluding carboxylic acids is 1. The minimum Gasteiger partial charge on any atom is -0.455 e. The van der Waals surface area contributed by atoms with Crippen molar-refractivity contribution in [3.05, 3.63) is 50.7 Å². The quantitative estimate of drug-likeness (QED) is 0.498. The zero-order chi connectivity index (χ0) is 15.4. The Bertz CT molecular complexity index is 726. The van der Waals surface area contributed by atoms with Crippen molar-refractivity contribution in [1.82, 2.24) is 5.43 Å². The van der Waals surface area contributed by atoms with E-state index in [4.69, 9.17) is 10.2 Å². The Morgan fingerprint density at radius 2 is 2.19 bits per heavy atom. The molecule has 21 heavy (non-hydrogen) atoms. The van der Waals surface area contributed by atoms with Gasteiger partial charge in [-0.1, -0.05) is 15.9 Å². The molecular formula is C12H9BrN4O4. The molecule has 1 heterocycles. The number of furan rings is 1. The fraction of sp³-hybridized carbons (Fsp3) is 0. The summed E-state index contributed by atoms with van der Waals surface area (Å²) in [7, 11) is 0. The largest absolute Gasteiger partial charge is 0.455 e. The molecular weight excluding hydrogens is 344 g/mol. The number of nitrogens with zero attached hydrogens (tertiary/aromatic N) is 2. The Kier molecular flexibility index (Phi) is 4.33. The van der Waals surface area contributed by atoms with E-state index in [9.17, 15) is 14.9 Å². The maximum Gasteiger partial charge on any atom is 0.332 e. The van der Waals surface area contributed by atoms with Crippen molar-refractivity contribution in [3.8, 4) is 11.3 Å². The number of rotatable bonds is 4. The number of hydrazone groups is 1. The van der Waals surface area contributed by atoms with Gasteiger partial charge >= 0.3 is 6.03 Å². The molecule has 0 fully saturated rings. The summed E-state index contributed by atoms with van der Waals surface area (Å²) in [6, 6.07) is 6.97. The van der Waals surface area contributed by atoms with Crippen molar-refractivity contribution in [3.63, 3.8) is 0 Å². The van der Waals surface area contributed by atoms with Gasteiger partial charge in [0.15, 0.2) is 0 Å². The summed E-state index contributed by atoms with van der Waals surface area (Å²) in [5.41, 5.74) is 7.11. The van der Waals surface area contributed by atoms with E-state index in [0.717, 1.165) is 0 Å². The van der Waals surface area contributed by atoms with Crippen LogP contribution in [-0.2, 0) is 0 Å². The molecule has 0 radical (unpaired) electrons. The number of amides is 2. The summed E-state index contributed by atoms with van der Waals surface area (Å²) in [5, 5.41) is 14.6. The number of halogens is 1. The van der Waals surface area contributed by atoms with Gasteiger partial charge in [-0.25, -0.2) is 10.2 Å². The number of benzene rings is 1. The number of urea groups is 1. The third-order valence-corrected chi connectivity index (χ3v) is 2.91. The number of hydrogen-bond donors (Lipinski definition) is 2. The summed E-state index contributed by atoms with van der Waals surface area (Å²) in [6.45, 7) is 0.